The summed E-state index contributed by atoms with van der Waals surface area (Å²) < 4.78 is 5.10. The summed E-state index contributed by atoms with van der Waals surface area (Å²) in [5.41, 5.74) is 4.90. The number of hydrogen-bond donors (Lipinski definition) is 1. The van der Waals surface area contributed by atoms with E-state index in [2.05, 4.69) is 6.58 Å². The summed E-state index contributed by atoms with van der Waals surface area (Å²) in [5, 5.41) is 0. The Morgan fingerprint density at radius 3 is 2.82 bits per heavy atom. The Bertz CT molecular complexity index is 123. The second-order valence-corrected chi connectivity index (χ2v) is 2.26. The highest BCUT2D eigenvalue weighted by Crippen LogP contribution is 1.90. The minimum absolute atomic E-state index is 0.311. The fourth-order valence-corrected chi connectivity index (χ4v) is 0.605. The van der Waals surface area contributed by atoms with Gasteiger partial charge in [-0.15, -0.1) is 6.58 Å². The van der Waals surface area contributed by atoms with Gasteiger partial charge in [0.15, 0.2) is 0 Å². The highest BCUT2D eigenvalue weighted by atomic mass is 16.5. The van der Waals surface area contributed by atoms with Gasteiger partial charge < -0.3 is 10.5 Å². The molecule has 0 aromatic rings. The van der Waals surface area contributed by atoms with Gasteiger partial charge in [0.05, 0.1) is 6.61 Å². The molecule has 3 heteroatoms. The summed E-state index contributed by atoms with van der Waals surface area (Å²) >= 11 is 0. The minimum atomic E-state index is -0.311. The van der Waals surface area contributed by atoms with E-state index in [0.717, 1.165) is 12.8 Å². The molecule has 0 rings (SSSR count). The van der Waals surface area contributed by atoms with Crippen molar-refractivity contribution < 1.29 is 9.53 Å². The number of nitrogens with two attached hydrogens (primary N) is 1. The van der Waals surface area contributed by atoms with Gasteiger partial charge in [0.25, 0.3) is 0 Å². The zero-order chi connectivity index (χ0) is 8.53. The molecular formula is C8H15NO2. The van der Waals surface area contributed by atoms with Crippen LogP contribution < -0.4 is 5.73 Å². The first kappa shape index (κ1) is 10.2. The maximum absolute atomic E-state index is 10.2. The van der Waals surface area contributed by atoms with E-state index >= 15 is 0 Å². The smallest absolute Gasteiger partial charge is 0.219 e. The Morgan fingerprint density at radius 1 is 1.55 bits per heavy atom. The maximum atomic E-state index is 10.2. The van der Waals surface area contributed by atoms with E-state index in [1.165, 1.54) is 0 Å². The number of carbonyl (C=O) groups excluding carboxylic acids is 1. The maximum Gasteiger partial charge on any atom is 0.219 e. The van der Waals surface area contributed by atoms with E-state index in [9.17, 15) is 4.79 Å². The molecule has 0 saturated carbocycles. The second-order valence-electron chi connectivity index (χ2n) is 2.26. The minimum Gasteiger partial charge on any atom is -0.381 e. The van der Waals surface area contributed by atoms with Gasteiger partial charge in [-0.25, -0.2) is 0 Å². The molecule has 0 radical (unpaired) electrons. The van der Waals surface area contributed by atoms with Crippen LogP contribution in [-0.4, -0.2) is 19.1 Å². The average molecular weight is 157 g/mol. The van der Waals surface area contributed by atoms with Crippen molar-refractivity contribution in [2.24, 2.45) is 5.73 Å². The molecule has 64 valence electrons. The predicted molar refractivity (Wildman–Crippen MR) is 44.1 cm³/mol. The molecule has 0 aliphatic carbocycles. The van der Waals surface area contributed by atoms with E-state index in [1.54, 1.807) is 0 Å². The van der Waals surface area contributed by atoms with Crippen molar-refractivity contribution in [2.75, 3.05) is 13.2 Å². The van der Waals surface area contributed by atoms with E-state index in [0.29, 0.717) is 19.6 Å². The molecular weight excluding hydrogens is 142 g/mol. The van der Waals surface area contributed by atoms with Gasteiger partial charge in [-0.1, -0.05) is 6.08 Å². The Labute approximate surface area is 67.2 Å². The fourth-order valence-electron chi connectivity index (χ4n) is 0.605. The quantitative estimate of drug-likeness (QED) is 0.440. The number of unbranched alkanes of at least 4 members (excludes halogenated alkanes) is 1. The number of amides is 1. The number of allylic oxidation sites excluding steroid dienone is 1. The monoisotopic (exact) mass is 157 g/mol. The zero-order valence-electron chi connectivity index (χ0n) is 6.71. The third-order valence-corrected chi connectivity index (χ3v) is 1.19. The van der Waals surface area contributed by atoms with Crippen LogP contribution in [0.1, 0.15) is 19.3 Å². The number of primary amides is 1. The first-order valence-electron chi connectivity index (χ1n) is 3.74. The Morgan fingerprint density at radius 2 is 2.27 bits per heavy atom. The number of hydrogen-bond acceptors (Lipinski definition) is 2. The molecule has 0 aromatic carbocycles. The Hall–Kier alpha value is -0.830. The van der Waals surface area contributed by atoms with Crippen molar-refractivity contribution in [3.05, 3.63) is 12.7 Å². The van der Waals surface area contributed by atoms with Gasteiger partial charge >= 0.3 is 0 Å². The highest BCUT2D eigenvalue weighted by Gasteiger charge is 1.92. The molecule has 0 saturated heterocycles. The first-order valence-corrected chi connectivity index (χ1v) is 3.74. The zero-order valence-corrected chi connectivity index (χ0v) is 6.71. The highest BCUT2D eigenvalue weighted by molar-refractivity contribution is 5.73. The first-order chi connectivity index (χ1) is 5.27. The molecule has 2 N–H and O–H groups in total. The van der Waals surface area contributed by atoms with Crippen LogP contribution in [0.4, 0.5) is 0 Å². The van der Waals surface area contributed by atoms with Crippen molar-refractivity contribution >= 4 is 5.91 Å². The van der Waals surface area contributed by atoms with E-state index in [4.69, 9.17) is 10.5 Å². The normalized spacial score (nSPS) is 9.45. The van der Waals surface area contributed by atoms with Crippen LogP contribution in [0.15, 0.2) is 12.7 Å². The van der Waals surface area contributed by atoms with Crippen LogP contribution in [0.5, 0.6) is 0 Å². The van der Waals surface area contributed by atoms with Crippen LogP contribution in [0.25, 0.3) is 0 Å². The Kier molecular flexibility index (Phi) is 6.73. The molecule has 0 aliphatic rings. The summed E-state index contributed by atoms with van der Waals surface area (Å²) in [7, 11) is 0. The van der Waals surface area contributed by atoms with E-state index in [1.807, 2.05) is 6.08 Å². The van der Waals surface area contributed by atoms with Crippen LogP contribution in [0.3, 0.4) is 0 Å². The van der Waals surface area contributed by atoms with Gasteiger partial charge in [-0.2, -0.15) is 0 Å². The summed E-state index contributed by atoms with van der Waals surface area (Å²) in [6, 6.07) is 0. The molecule has 3 nitrogen and oxygen atoms in total. The molecule has 0 aliphatic heterocycles. The van der Waals surface area contributed by atoms with Crippen molar-refractivity contribution in [1.82, 2.24) is 0 Å². The third kappa shape index (κ3) is 9.17. The van der Waals surface area contributed by atoms with Gasteiger partial charge in [0, 0.05) is 13.0 Å². The molecule has 0 spiro atoms. The second kappa shape index (κ2) is 7.28. The molecule has 0 heterocycles. The lowest BCUT2D eigenvalue weighted by Gasteiger charge is -1.99. The van der Waals surface area contributed by atoms with Gasteiger partial charge in [-0.3, -0.25) is 4.79 Å². The van der Waals surface area contributed by atoms with Crippen LogP contribution in [0.2, 0.25) is 0 Å². The fraction of sp³-hybridized carbons (Fsp3) is 0.625. The van der Waals surface area contributed by atoms with Gasteiger partial charge in [0.2, 0.25) is 5.91 Å². The standard InChI is InChI=1S/C8H15NO2/c1-2-3-4-6-11-7-5-8(9)10/h2H,1,3-7H2,(H2,9,10). The van der Waals surface area contributed by atoms with E-state index < -0.39 is 0 Å². The summed E-state index contributed by atoms with van der Waals surface area (Å²) in [4.78, 5) is 10.2. The lowest BCUT2D eigenvalue weighted by molar-refractivity contribution is -0.119. The van der Waals surface area contributed by atoms with Crippen molar-refractivity contribution in [3.8, 4) is 0 Å². The van der Waals surface area contributed by atoms with Crippen LogP contribution in [0, 0.1) is 0 Å². The molecule has 0 aromatic heterocycles. The average Bonchev–Trinajstić information content (AvgIpc) is 1.96. The molecule has 1 amide bonds. The number of rotatable bonds is 7. The largest absolute Gasteiger partial charge is 0.381 e. The molecule has 0 bridgehead atoms. The molecule has 0 fully saturated rings. The predicted octanol–water partition coefficient (Wildman–Crippen LogP) is 0.845. The van der Waals surface area contributed by atoms with Crippen molar-refractivity contribution in [1.29, 1.82) is 0 Å². The summed E-state index contributed by atoms with van der Waals surface area (Å²) in [6.45, 7) is 4.69. The summed E-state index contributed by atoms with van der Waals surface area (Å²) in [5.74, 6) is -0.311. The molecule has 11 heavy (non-hydrogen) atoms. The number of carbonyl (C=O) groups is 1. The lowest BCUT2D eigenvalue weighted by atomic mass is 10.3. The lowest BCUT2D eigenvalue weighted by Crippen LogP contribution is -2.13. The van der Waals surface area contributed by atoms with Gasteiger partial charge in [0.1, 0.15) is 0 Å². The van der Waals surface area contributed by atoms with E-state index in [-0.39, 0.29) is 5.91 Å². The van der Waals surface area contributed by atoms with Crippen molar-refractivity contribution in [3.63, 3.8) is 0 Å². The topological polar surface area (TPSA) is 52.3 Å². The molecule has 0 atom stereocenters. The van der Waals surface area contributed by atoms with Crippen LogP contribution >= 0.6 is 0 Å². The summed E-state index contributed by atoms with van der Waals surface area (Å²) in [6.07, 6.45) is 4.07. The molecule has 0 unspecified atom stereocenters. The van der Waals surface area contributed by atoms with Crippen molar-refractivity contribution in [2.45, 2.75) is 19.3 Å². The van der Waals surface area contributed by atoms with Crippen LogP contribution in [-0.2, 0) is 9.53 Å². The van der Waals surface area contributed by atoms with Gasteiger partial charge in [-0.05, 0) is 12.8 Å². The number of ether oxygens (including phenoxy) is 1. The third-order valence-electron chi connectivity index (χ3n) is 1.19. The Balaban J connectivity index is 2.90. The SMILES string of the molecule is C=CCCCOCCC(N)=O.